The fraction of sp³-hybridized carbons (Fsp3) is 0.556. The molecule has 2 aliphatic rings. The summed E-state index contributed by atoms with van der Waals surface area (Å²) in [5.74, 6) is 0.208. The number of carbonyl (C=O) groups is 1. The first-order valence-corrected chi connectivity index (χ1v) is 12.0. The van der Waals surface area contributed by atoms with Crippen LogP contribution in [0.5, 0.6) is 0 Å². The number of nitrogens with zero attached hydrogens (tertiary/aromatic N) is 2. The summed E-state index contributed by atoms with van der Waals surface area (Å²) in [5, 5.41) is 0. The molecule has 166 valence electrons. The van der Waals surface area contributed by atoms with Gasteiger partial charge in [-0.3, -0.25) is 14.7 Å². The molecule has 0 spiro atoms. The van der Waals surface area contributed by atoms with Gasteiger partial charge in [-0.05, 0) is 81.9 Å². The van der Waals surface area contributed by atoms with Crippen LogP contribution >= 0.6 is 0 Å². The topological polar surface area (TPSA) is 42.4 Å². The van der Waals surface area contributed by atoms with E-state index in [4.69, 9.17) is 9.72 Å². The number of aromatic nitrogens is 1. The summed E-state index contributed by atoms with van der Waals surface area (Å²) in [6, 6.07) is 12.3. The molecule has 4 nitrogen and oxygen atoms in total. The molecule has 0 saturated carbocycles. The van der Waals surface area contributed by atoms with Crippen LogP contribution in [0.3, 0.4) is 0 Å². The van der Waals surface area contributed by atoms with Gasteiger partial charge in [0, 0.05) is 31.1 Å². The van der Waals surface area contributed by atoms with E-state index in [1.54, 1.807) is 6.92 Å². The number of likely N-dealkylation sites (tertiary alicyclic amines) is 1. The van der Waals surface area contributed by atoms with Gasteiger partial charge in [-0.15, -0.1) is 0 Å². The lowest BCUT2D eigenvalue weighted by Gasteiger charge is -2.26. The summed E-state index contributed by atoms with van der Waals surface area (Å²) in [4.78, 5) is 19.6. The van der Waals surface area contributed by atoms with Crippen molar-refractivity contribution in [3.8, 4) is 0 Å². The second-order valence-electron chi connectivity index (χ2n) is 9.22. The zero-order valence-electron chi connectivity index (χ0n) is 19.1. The molecule has 1 aliphatic carbocycles. The van der Waals surface area contributed by atoms with Gasteiger partial charge in [0.1, 0.15) is 0 Å². The quantitative estimate of drug-likeness (QED) is 0.535. The summed E-state index contributed by atoms with van der Waals surface area (Å²) >= 11 is 0. The molecular formula is C27H36N2O2. The van der Waals surface area contributed by atoms with Crippen molar-refractivity contribution in [2.45, 2.75) is 77.4 Å². The number of benzene rings is 1. The number of unbranched alkanes of at least 4 members (excludes halogenated alkanes) is 1. The van der Waals surface area contributed by atoms with Gasteiger partial charge in [0.05, 0.1) is 12.1 Å². The highest BCUT2D eigenvalue weighted by atomic mass is 16.5. The zero-order valence-corrected chi connectivity index (χ0v) is 19.1. The Hall–Kier alpha value is -2.04. The number of hydrogen-bond donors (Lipinski definition) is 0. The molecule has 2 aromatic rings. The van der Waals surface area contributed by atoms with E-state index in [-0.39, 0.29) is 17.9 Å². The highest BCUT2D eigenvalue weighted by Gasteiger charge is 2.32. The lowest BCUT2D eigenvalue weighted by atomic mass is 9.93. The van der Waals surface area contributed by atoms with Crippen molar-refractivity contribution in [1.29, 1.82) is 0 Å². The molecule has 1 saturated heterocycles. The number of carbonyl (C=O) groups excluding carboxylic acids is 1. The molecule has 4 rings (SSSR count). The highest BCUT2D eigenvalue weighted by Crippen LogP contribution is 2.27. The molecule has 1 aromatic heterocycles. The Morgan fingerprint density at radius 3 is 2.81 bits per heavy atom. The summed E-state index contributed by atoms with van der Waals surface area (Å²) in [5.41, 5.74) is 6.53. The summed E-state index contributed by atoms with van der Waals surface area (Å²) in [7, 11) is 0. The molecule has 1 fully saturated rings. The molecule has 0 amide bonds. The monoisotopic (exact) mass is 420 g/mol. The van der Waals surface area contributed by atoms with Crippen LogP contribution < -0.4 is 0 Å². The van der Waals surface area contributed by atoms with Gasteiger partial charge in [0.2, 0.25) is 0 Å². The minimum Gasteiger partial charge on any atom is -0.377 e. The number of hydrogen-bond acceptors (Lipinski definition) is 4. The van der Waals surface area contributed by atoms with Crippen LogP contribution in [-0.2, 0) is 28.8 Å². The van der Waals surface area contributed by atoms with E-state index in [2.05, 4.69) is 30.0 Å². The second-order valence-corrected chi connectivity index (χ2v) is 9.22. The summed E-state index contributed by atoms with van der Waals surface area (Å²) in [6.45, 7) is 6.45. The number of ketones is 1. The maximum Gasteiger partial charge on any atom is 0.151 e. The average Bonchev–Trinajstić information content (AvgIpc) is 3.22. The fourth-order valence-electron chi connectivity index (χ4n) is 5.15. The third-order valence-electron chi connectivity index (χ3n) is 6.80. The highest BCUT2D eigenvalue weighted by molar-refractivity contribution is 5.83. The smallest absolute Gasteiger partial charge is 0.151 e. The molecule has 2 atom stereocenters. The Labute approximate surface area is 187 Å². The third-order valence-corrected chi connectivity index (χ3v) is 6.80. The maximum absolute atomic E-state index is 12.3. The number of aryl methyl sites for hydroxylation is 4. The summed E-state index contributed by atoms with van der Waals surface area (Å²) < 4.78 is 6.18. The molecule has 31 heavy (non-hydrogen) atoms. The first-order chi connectivity index (χ1) is 15.1. The first kappa shape index (κ1) is 22.2. The number of Topliss-reactive ketones (excluding diaryl/α,β-unsaturated/α-hetero) is 1. The number of rotatable bonds is 9. The Morgan fingerprint density at radius 1 is 1.19 bits per heavy atom. The Bertz CT molecular complexity index is 880. The van der Waals surface area contributed by atoms with Crippen molar-refractivity contribution >= 4 is 5.78 Å². The number of fused-ring (bicyclic) bond motifs is 1. The predicted molar refractivity (Wildman–Crippen MR) is 124 cm³/mol. The standard InChI is InChI=1S/C27H36N2O2/c1-20-18-23-12-6-7-14-26(23)28-25(20)13-8-9-17-31-24-15-16-29(19-24)27(21(2)30)22-10-4-3-5-11-22/h3-5,10-11,18,24,27H,6-9,12-17,19H2,1-2H3/t24-,27-/m1/s1. The predicted octanol–water partition coefficient (Wildman–Crippen LogP) is 5.01. The second kappa shape index (κ2) is 10.5. The lowest BCUT2D eigenvalue weighted by Crippen LogP contribution is -2.32. The minimum atomic E-state index is -0.146. The van der Waals surface area contributed by atoms with Gasteiger partial charge in [0.25, 0.3) is 0 Å². The van der Waals surface area contributed by atoms with Gasteiger partial charge >= 0.3 is 0 Å². The molecule has 0 bridgehead atoms. The molecule has 1 aromatic carbocycles. The van der Waals surface area contributed by atoms with Crippen molar-refractivity contribution in [1.82, 2.24) is 9.88 Å². The van der Waals surface area contributed by atoms with Crippen LogP contribution in [0.2, 0.25) is 0 Å². The number of pyridine rings is 1. The first-order valence-electron chi connectivity index (χ1n) is 12.0. The van der Waals surface area contributed by atoms with Gasteiger partial charge in [0.15, 0.2) is 5.78 Å². The van der Waals surface area contributed by atoms with Crippen LogP contribution in [0.15, 0.2) is 36.4 Å². The number of ether oxygens (including phenoxy) is 1. The van der Waals surface area contributed by atoms with Crippen molar-refractivity contribution in [3.05, 3.63) is 64.5 Å². The van der Waals surface area contributed by atoms with Crippen LogP contribution in [0.4, 0.5) is 0 Å². The molecule has 1 aliphatic heterocycles. The average molecular weight is 421 g/mol. The normalized spacial score (nSPS) is 19.9. The van der Waals surface area contributed by atoms with Crippen molar-refractivity contribution in [2.75, 3.05) is 19.7 Å². The van der Waals surface area contributed by atoms with E-state index in [0.717, 1.165) is 57.4 Å². The molecule has 4 heteroatoms. The fourth-order valence-corrected chi connectivity index (χ4v) is 5.15. The van der Waals surface area contributed by atoms with Gasteiger partial charge in [-0.2, -0.15) is 0 Å². The molecular weight excluding hydrogens is 384 g/mol. The van der Waals surface area contributed by atoms with Crippen molar-refractivity contribution in [2.24, 2.45) is 0 Å². The van der Waals surface area contributed by atoms with E-state index in [1.165, 1.54) is 41.8 Å². The molecule has 0 unspecified atom stereocenters. The summed E-state index contributed by atoms with van der Waals surface area (Å²) in [6.07, 6.45) is 9.38. The van der Waals surface area contributed by atoms with E-state index >= 15 is 0 Å². The minimum absolute atomic E-state index is 0.146. The van der Waals surface area contributed by atoms with E-state index in [9.17, 15) is 4.79 Å². The Kier molecular flexibility index (Phi) is 7.52. The van der Waals surface area contributed by atoms with Crippen LogP contribution in [0, 0.1) is 6.92 Å². The van der Waals surface area contributed by atoms with Crippen LogP contribution in [0.25, 0.3) is 0 Å². The Morgan fingerprint density at radius 2 is 2.00 bits per heavy atom. The molecule has 0 radical (unpaired) electrons. The zero-order chi connectivity index (χ0) is 21.6. The van der Waals surface area contributed by atoms with Crippen molar-refractivity contribution < 1.29 is 9.53 Å². The third kappa shape index (κ3) is 5.61. The SMILES string of the molecule is CC(=O)[C@H](c1ccccc1)N1CC[C@@H](OCCCCc2nc3c(cc2C)CCCC3)C1. The van der Waals surface area contributed by atoms with Gasteiger partial charge < -0.3 is 4.74 Å². The van der Waals surface area contributed by atoms with Crippen molar-refractivity contribution in [3.63, 3.8) is 0 Å². The van der Waals surface area contributed by atoms with E-state index < -0.39 is 0 Å². The van der Waals surface area contributed by atoms with Gasteiger partial charge in [-0.25, -0.2) is 0 Å². The molecule has 2 heterocycles. The van der Waals surface area contributed by atoms with Crippen LogP contribution in [-0.4, -0.2) is 41.5 Å². The van der Waals surface area contributed by atoms with E-state index in [1.807, 2.05) is 18.2 Å². The van der Waals surface area contributed by atoms with E-state index in [0.29, 0.717) is 0 Å². The van der Waals surface area contributed by atoms with Gasteiger partial charge in [-0.1, -0.05) is 36.4 Å². The lowest BCUT2D eigenvalue weighted by molar-refractivity contribution is -0.122. The largest absolute Gasteiger partial charge is 0.377 e. The van der Waals surface area contributed by atoms with Crippen LogP contribution in [0.1, 0.15) is 73.1 Å². The molecule has 0 N–H and O–H groups in total. The maximum atomic E-state index is 12.3. The Balaban J connectivity index is 1.21.